The maximum absolute atomic E-state index is 11.2. The average Bonchev–Trinajstić information content (AvgIpc) is 2.30. The van der Waals surface area contributed by atoms with Crippen LogP contribution < -0.4 is 5.43 Å². The van der Waals surface area contributed by atoms with Gasteiger partial charge in [0.25, 0.3) is 0 Å². The van der Waals surface area contributed by atoms with Crippen LogP contribution in [0.2, 0.25) is 0 Å². The molecule has 1 aromatic heterocycles. The van der Waals surface area contributed by atoms with Gasteiger partial charge in [0.15, 0.2) is 5.75 Å². The molecule has 0 atom stereocenters. The lowest BCUT2D eigenvalue weighted by molar-refractivity contribution is 0.288. The van der Waals surface area contributed by atoms with E-state index in [0.29, 0.717) is 5.69 Å². The molecule has 0 bridgehead atoms. The Balaban J connectivity index is 2.75. The molecular formula is C12H20N2O2. The monoisotopic (exact) mass is 224 g/mol. The fourth-order valence-corrected chi connectivity index (χ4v) is 1.69. The maximum Gasteiger partial charge on any atom is 0.223 e. The minimum absolute atomic E-state index is 0.137. The van der Waals surface area contributed by atoms with E-state index < -0.39 is 0 Å². The van der Waals surface area contributed by atoms with Crippen LogP contribution in [0.1, 0.15) is 19.5 Å². The molecule has 1 heterocycles. The SMILES string of the molecule is CCN(CC)CCn1ccc(=O)c(O)c1C. The third-order valence-electron chi connectivity index (χ3n) is 2.96. The van der Waals surface area contributed by atoms with Crippen molar-refractivity contribution < 1.29 is 5.11 Å². The van der Waals surface area contributed by atoms with E-state index >= 15 is 0 Å². The Labute approximate surface area is 96.1 Å². The van der Waals surface area contributed by atoms with Gasteiger partial charge in [-0.2, -0.15) is 0 Å². The zero-order valence-electron chi connectivity index (χ0n) is 10.2. The molecule has 0 radical (unpaired) electrons. The molecule has 16 heavy (non-hydrogen) atoms. The molecule has 0 aliphatic rings. The first-order chi connectivity index (χ1) is 7.60. The summed E-state index contributed by atoms with van der Waals surface area (Å²) in [5.74, 6) is -0.137. The van der Waals surface area contributed by atoms with Gasteiger partial charge in [0, 0.05) is 25.4 Å². The summed E-state index contributed by atoms with van der Waals surface area (Å²) >= 11 is 0. The van der Waals surface area contributed by atoms with Crippen molar-refractivity contribution in [2.24, 2.45) is 0 Å². The first kappa shape index (κ1) is 12.8. The third-order valence-corrected chi connectivity index (χ3v) is 2.96. The smallest absolute Gasteiger partial charge is 0.223 e. The van der Waals surface area contributed by atoms with Crippen LogP contribution in [0.4, 0.5) is 0 Å². The van der Waals surface area contributed by atoms with Gasteiger partial charge in [-0.3, -0.25) is 4.79 Å². The number of hydrogen-bond acceptors (Lipinski definition) is 3. The Hall–Kier alpha value is -1.29. The van der Waals surface area contributed by atoms with E-state index in [9.17, 15) is 9.90 Å². The minimum Gasteiger partial charge on any atom is -0.503 e. The Morgan fingerprint density at radius 2 is 2.00 bits per heavy atom. The molecule has 0 saturated heterocycles. The largest absolute Gasteiger partial charge is 0.503 e. The predicted molar refractivity (Wildman–Crippen MR) is 64.9 cm³/mol. The van der Waals surface area contributed by atoms with Crippen LogP contribution in [0.15, 0.2) is 17.1 Å². The summed E-state index contributed by atoms with van der Waals surface area (Å²) in [4.78, 5) is 13.5. The lowest BCUT2D eigenvalue weighted by Gasteiger charge is -2.20. The highest BCUT2D eigenvalue weighted by Crippen LogP contribution is 2.08. The molecule has 0 saturated carbocycles. The van der Waals surface area contributed by atoms with Crippen LogP contribution in [0, 0.1) is 6.92 Å². The molecule has 1 rings (SSSR count). The predicted octanol–water partition coefficient (Wildman–Crippen LogP) is 1.20. The molecule has 90 valence electrons. The van der Waals surface area contributed by atoms with Gasteiger partial charge in [0.2, 0.25) is 5.43 Å². The molecule has 1 aromatic rings. The normalized spacial score (nSPS) is 11.0. The van der Waals surface area contributed by atoms with E-state index in [0.717, 1.165) is 26.2 Å². The van der Waals surface area contributed by atoms with Crippen molar-refractivity contribution >= 4 is 0 Å². The summed E-state index contributed by atoms with van der Waals surface area (Å²) in [5, 5.41) is 9.52. The van der Waals surface area contributed by atoms with E-state index in [1.54, 1.807) is 13.1 Å². The molecule has 0 spiro atoms. The van der Waals surface area contributed by atoms with Crippen molar-refractivity contribution in [2.45, 2.75) is 27.3 Å². The standard InChI is InChI=1S/C12H20N2O2/c1-4-13(5-2)8-9-14-7-6-11(15)12(16)10(14)3/h6-7,16H,4-5,8-9H2,1-3H3. The average molecular weight is 224 g/mol. The van der Waals surface area contributed by atoms with Crippen LogP contribution in [0.25, 0.3) is 0 Å². The van der Waals surface area contributed by atoms with Crippen molar-refractivity contribution in [3.05, 3.63) is 28.2 Å². The van der Waals surface area contributed by atoms with Gasteiger partial charge in [-0.15, -0.1) is 0 Å². The molecule has 0 aromatic carbocycles. The topological polar surface area (TPSA) is 45.5 Å². The highest BCUT2D eigenvalue weighted by atomic mass is 16.3. The van der Waals surface area contributed by atoms with Gasteiger partial charge in [0.05, 0.1) is 5.69 Å². The van der Waals surface area contributed by atoms with E-state index in [4.69, 9.17) is 0 Å². The summed E-state index contributed by atoms with van der Waals surface area (Å²) in [6, 6.07) is 1.41. The first-order valence-corrected chi connectivity index (χ1v) is 5.71. The van der Waals surface area contributed by atoms with Crippen LogP contribution in [-0.4, -0.2) is 34.2 Å². The van der Waals surface area contributed by atoms with E-state index in [-0.39, 0.29) is 11.2 Å². The molecule has 0 unspecified atom stereocenters. The zero-order chi connectivity index (χ0) is 12.1. The number of pyridine rings is 1. The summed E-state index contributed by atoms with van der Waals surface area (Å²) in [6.07, 6.45) is 1.74. The van der Waals surface area contributed by atoms with Gasteiger partial charge in [0.1, 0.15) is 0 Å². The van der Waals surface area contributed by atoms with Crippen molar-refractivity contribution in [1.29, 1.82) is 0 Å². The van der Waals surface area contributed by atoms with Crippen LogP contribution in [-0.2, 0) is 6.54 Å². The lowest BCUT2D eigenvalue weighted by atomic mass is 10.3. The fourth-order valence-electron chi connectivity index (χ4n) is 1.69. The van der Waals surface area contributed by atoms with Crippen LogP contribution >= 0.6 is 0 Å². The highest BCUT2D eigenvalue weighted by Gasteiger charge is 2.06. The van der Waals surface area contributed by atoms with Crippen molar-refractivity contribution in [3.63, 3.8) is 0 Å². The molecule has 0 aliphatic carbocycles. The first-order valence-electron chi connectivity index (χ1n) is 5.71. The van der Waals surface area contributed by atoms with Gasteiger partial charge in [-0.05, 0) is 20.0 Å². The van der Waals surface area contributed by atoms with E-state index in [1.165, 1.54) is 6.07 Å². The van der Waals surface area contributed by atoms with Gasteiger partial charge in [-0.25, -0.2) is 0 Å². The summed E-state index contributed by atoms with van der Waals surface area (Å²) < 4.78 is 1.91. The molecule has 4 heteroatoms. The molecule has 4 nitrogen and oxygen atoms in total. The van der Waals surface area contributed by atoms with Crippen LogP contribution in [0.3, 0.4) is 0 Å². The van der Waals surface area contributed by atoms with E-state index in [2.05, 4.69) is 18.7 Å². The Bertz CT molecular complexity index is 394. The number of aromatic hydroxyl groups is 1. The molecule has 0 fully saturated rings. The number of rotatable bonds is 5. The summed E-state index contributed by atoms with van der Waals surface area (Å²) in [7, 11) is 0. The Kier molecular flexibility index (Phi) is 4.55. The molecule has 0 aliphatic heterocycles. The second kappa shape index (κ2) is 5.70. The van der Waals surface area contributed by atoms with E-state index in [1.807, 2.05) is 4.57 Å². The van der Waals surface area contributed by atoms with Crippen molar-refractivity contribution in [3.8, 4) is 5.75 Å². The summed E-state index contributed by atoms with van der Waals surface area (Å²) in [6.45, 7) is 9.76. The van der Waals surface area contributed by atoms with Gasteiger partial charge >= 0.3 is 0 Å². The lowest BCUT2D eigenvalue weighted by Crippen LogP contribution is -2.27. The second-order valence-electron chi connectivity index (χ2n) is 3.83. The molecular weight excluding hydrogens is 204 g/mol. The highest BCUT2D eigenvalue weighted by molar-refractivity contribution is 5.25. The quantitative estimate of drug-likeness (QED) is 0.817. The molecule has 0 amide bonds. The Morgan fingerprint density at radius 3 is 2.56 bits per heavy atom. The van der Waals surface area contributed by atoms with Gasteiger partial charge < -0.3 is 14.6 Å². The Morgan fingerprint density at radius 1 is 1.38 bits per heavy atom. The van der Waals surface area contributed by atoms with Gasteiger partial charge in [-0.1, -0.05) is 13.8 Å². The second-order valence-corrected chi connectivity index (χ2v) is 3.83. The number of likely N-dealkylation sites (N-methyl/N-ethyl adjacent to an activating group) is 1. The number of aromatic nitrogens is 1. The van der Waals surface area contributed by atoms with Crippen LogP contribution in [0.5, 0.6) is 5.75 Å². The van der Waals surface area contributed by atoms with Crippen molar-refractivity contribution in [2.75, 3.05) is 19.6 Å². The number of nitrogens with zero attached hydrogens (tertiary/aromatic N) is 2. The number of hydrogen-bond donors (Lipinski definition) is 1. The summed E-state index contributed by atoms with van der Waals surface area (Å²) in [5.41, 5.74) is 0.330. The van der Waals surface area contributed by atoms with Crippen molar-refractivity contribution in [1.82, 2.24) is 9.47 Å². The molecule has 1 N–H and O–H groups in total. The minimum atomic E-state index is -0.309. The zero-order valence-corrected chi connectivity index (χ0v) is 10.2. The third kappa shape index (κ3) is 2.85. The fraction of sp³-hybridized carbons (Fsp3) is 0.583. The maximum atomic E-state index is 11.2.